The first-order chi connectivity index (χ1) is 11.5. The van der Waals surface area contributed by atoms with Gasteiger partial charge in [0.25, 0.3) is 0 Å². The normalized spacial score (nSPS) is 11.7. The molecule has 6 nitrogen and oxygen atoms in total. The summed E-state index contributed by atoms with van der Waals surface area (Å²) in [6, 6.07) is 13.1. The molecule has 0 radical (unpaired) electrons. The molecule has 2 aromatic carbocycles. The Morgan fingerprint density at radius 3 is 2.50 bits per heavy atom. The third kappa shape index (κ3) is 5.08. The first kappa shape index (κ1) is 17.5. The molecule has 2 rings (SSSR count). The molecule has 3 N–H and O–H groups in total. The summed E-state index contributed by atoms with van der Waals surface area (Å²) < 4.78 is 0. The summed E-state index contributed by atoms with van der Waals surface area (Å²) >= 11 is 0. The van der Waals surface area contributed by atoms with Crippen LogP contribution < -0.4 is 10.6 Å². The van der Waals surface area contributed by atoms with Crippen LogP contribution in [0.3, 0.4) is 0 Å². The molecule has 0 unspecified atom stereocenters. The summed E-state index contributed by atoms with van der Waals surface area (Å²) in [4.78, 5) is 34.3. The predicted octanol–water partition coefficient (Wildman–Crippen LogP) is 1.48. The van der Waals surface area contributed by atoms with Gasteiger partial charge in [0.1, 0.15) is 0 Å². The minimum absolute atomic E-state index is 0.157. The van der Waals surface area contributed by atoms with Gasteiger partial charge in [0.15, 0.2) is 0 Å². The monoisotopic (exact) mass is 328 g/mol. The fourth-order valence-electron chi connectivity index (χ4n) is 2.50. The second-order valence-electron chi connectivity index (χ2n) is 5.66. The number of aliphatic carboxylic acids is 1. The SMILES string of the molecule is C[C@@H](CC(=O)O)NC(=O)CNC(=O)Cc1cccc2ccccc12. The molecule has 126 valence electrons. The van der Waals surface area contributed by atoms with Gasteiger partial charge in [0.05, 0.1) is 19.4 Å². The predicted molar refractivity (Wildman–Crippen MR) is 90.5 cm³/mol. The first-order valence-electron chi connectivity index (χ1n) is 7.70. The fraction of sp³-hybridized carbons (Fsp3) is 0.278. The Hall–Kier alpha value is -2.89. The summed E-state index contributed by atoms with van der Waals surface area (Å²) in [5.41, 5.74) is 0.894. The van der Waals surface area contributed by atoms with Gasteiger partial charge in [-0.15, -0.1) is 0 Å². The van der Waals surface area contributed by atoms with E-state index in [4.69, 9.17) is 5.11 Å². The highest BCUT2D eigenvalue weighted by Crippen LogP contribution is 2.18. The van der Waals surface area contributed by atoms with Gasteiger partial charge in [0, 0.05) is 6.04 Å². The van der Waals surface area contributed by atoms with E-state index in [1.807, 2.05) is 42.5 Å². The molecule has 0 heterocycles. The molecular weight excluding hydrogens is 308 g/mol. The molecule has 6 heteroatoms. The van der Waals surface area contributed by atoms with Gasteiger partial charge >= 0.3 is 5.97 Å². The van der Waals surface area contributed by atoms with Crippen LogP contribution in [0.5, 0.6) is 0 Å². The second-order valence-corrected chi connectivity index (χ2v) is 5.66. The number of carbonyl (C=O) groups excluding carboxylic acids is 2. The lowest BCUT2D eigenvalue weighted by Crippen LogP contribution is -2.41. The molecule has 0 fully saturated rings. The van der Waals surface area contributed by atoms with Crippen molar-refractivity contribution in [3.63, 3.8) is 0 Å². The van der Waals surface area contributed by atoms with Crippen LogP contribution in [0.4, 0.5) is 0 Å². The van der Waals surface area contributed by atoms with E-state index in [1.54, 1.807) is 6.92 Å². The van der Waals surface area contributed by atoms with Crippen LogP contribution in [0.25, 0.3) is 10.8 Å². The van der Waals surface area contributed by atoms with E-state index >= 15 is 0 Å². The minimum atomic E-state index is -0.984. The molecule has 0 spiro atoms. The van der Waals surface area contributed by atoms with Gasteiger partial charge < -0.3 is 15.7 Å². The number of fused-ring (bicyclic) bond motifs is 1. The summed E-state index contributed by atoms with van der Waals surface area (Å²) in [6.07, 6.45) is 0.0228. The van der Waals surface area contributed by atoms with Crippen LogP contribution in [0.2, 0.25) is 0 Å². The second kappa shape index (κ2) is 8.10. The number of amides is 2. The van der Waals surface area contributed by atoms with E-state index in [1.165, 1.54) is 0 Å². The lowest BCUT2D eigenvalue weighted by molar-refractivity contribution is -0.137. The lowest BCUT2D eigenvalue weighted by Gasteiger charge is -2.12. The van der Waals surface area contributed by atoms with Crippen molar-refractivity contribution in [1.29, 1.82) is 0 Å². The van der Waals surface area contributed by atoms with Gasteiger partial charge in [-0.2, -0.15) is 0 Å². The zero-order valence-corrected chi connectivity index (χ0v) is 13.4. The van der Waals surface area contributed by atoms with E-state index in [0.29, 0.717) is 0 Å². The molecule has 0 aliphatic carbocycles. The van der Waals surface area contributed by atoms with Crippen molar-refractivity contribution in [2.24, 2.45) is 0 Å². The van der Waals surface area contributed by atoms with E-state index in [0.717, 1.165) is 16.3 Å². The highest BCUT2D eigenvalue weighted by molar-refractivity contribution is 5.91. The number of hydrogen-bond acceptors (Lipinski definition) is 3. The maximum absolute atomic E-state index is 12.0. The molecule has 24 heavy (non-hydrogen) atoms. The molecule has 0 bridgehead atoms. The Kier molecular flexibility index (Phi) is 5.89. The third-order valence-corrected chi connectivity index (χ3v) is 3.57. The van der Waals surface area contributed by atoms with Crippen molar-refractivity contribution in [2.75, 3.05) is 6.54 Å². The van der Waals surface area contributed by atoms with Gasteiger partial charge in [0.2, 0.25) is 11.8 Å². The molecule has 0 aliphatic rings. The maximum atomic E-state index is 12.0. The Bertz CT molecular complexity index is 752. The molecule has 0 aromatic heterocycles. The molecule has 1 atom stereocenters. The van der Waals surface area contributed by atoms with Crippen LogP contribution in [0.1, 0.15) is 18.9 Å². The van der Waals surface area contributed by atoms with Crippen molar-refractivity contribution < 1.29 is 19.5 Å². The minimum Gasteiger partial charge on any atom is -0.481 e. The quantitative estimate of drug-likeness (QED) is 0.717. The van der Waals surface area contributed by atoms with Crippen LogP contribution in [-0.2, 0) is 20.8 Å². The molecule has 0 aliphatic heterocycles. The van der Waals surface area contributed by atoms with Crippen LogP contribution >= 0.6 is 0 Å². The Labute approximate surface area is 139 Å². The van der Waals surface area contributed by atoms with Crippen molar-refractivity contribution in [3.05, 3.63) is 48.0 Å². The van der Waals surface area contributed by atoms with E-state index in [2.05, 4.69) is 10.6 Å². The van der Waals surface area contributed by atoms with Crippen molar-refractivity contribution in [3.8, 4) is 0 Å². The number of rotatable bonds is 7. The zero-order chi connectivity index (χ0) is 17.5. The number of carboxylic acids is 1. The summed E-state index contributed by atoms with van der Waals surface area (Å²) in [5, 5.41) is 15.8. The first-order valence-corrected chi connectivity index (χ1v) is 7.70. The molecule has 2 aromatic rings. The van der Waals surface area contributed by atoms with Gasteiger partial charge in [-0.05, 0) is 23.3 Å². The van der Waals surface area contributed by atoms with Crippen molar-refractivity contribution in [2.45, 2.75) is 25.8 Å². The van der Waals surface area contributed by atoms with Gasteiger partial charge in [-0.25, -0.2) is 0 Å². The molecule has 0 saturated carbocycles. The van der Waals surface area contributed by atoms with E-state index < -0.39 is 17.9 Å². The summed E-state index contributed by atoms with van der Waals surface area (Å²) in [5.74, 6) is -1.65. The summed E-state index contributed by atoms with van der Waals surface area (Å²) in [7, 11) is 0. The smallest absolute Gasteiger partial charge is 0.305 e. The highest BCUT2D eigenvalue weighted by Gasteiger charge is 2.12. The average molecular weight is 328 g/mol. The molecule has 0 saturated heterocycles. The number of carbonyl (C=O) groups is 3. The van der Waals surface area contributed by atoms with E-state index in [9.17, 15) is 14.4 Å². The number of benzene rings is 2. The van der Waals surface area contributed by atoms with E-state index in [-0.39, 0.29) is 25.3 Å². The fourth-order valence-corrected chi connectivity index (χ4v) is 2.50. The Morgan fingerprint density at radius 2 is 1.75 bits per heavy atom. The largest absolute Gasteiger partial charge is 0.481 e. The van der Waals surface area contributed by atoms with Gasteiger partial charge in [-0.1, -0.05) is 42.5 Å². The highest BCUT2D eigenvalue weighted by atomic mass is 16.4. The third-order valence-electron chi connectivity index (χ3n) is 3.57. The zero-order valence-electron chi connectivity index (χ0n) is 13.4. The molecular formula is C18H20N2O4. The lowest BCUT2D eigenvalue weighted by atomic mass is 10.0. The van der Waals surface area contributed by atoms with Crippen LogP contribution in [0.15, 0.2) is 42.5 Å². The van der Waals surface area contributed by atoms with Crippen molar-refractivity contribution >= 4 is 28.6 Å². The van der Waals surface area contributed by atoms with Crippen molar-refractivity contribution in [1.82, 2.24) is 10.6 Å². The van der Waals surface area contributed by atoms with Crippen LogP contribution in [0, 0.1) is 0 Å². The number of carboxylic acid groups (broad SMARTS) is 1. The van der Waals surface area contributed by atoms with Gasteiger partial charge in [-0.3, -0.25) is 14.4 Å². The maximum Gasteiger partial charge on any atom is 0.305 e. The summed E-state index contributed by atoms with van der Waals surface area (Å²) in [6.45, 7) is 1.43. The number of nitrogens with one attached hydrogen (secondary N) is 2. The number of hydrogen-bond donors (Lipinski definition) is 3. The topological polar surface area (TPSA) is 95.5 Å². The average Bonchev–Trinajstić information content (AvgIpc) is 2.52. The molecule has 2 amide bonds. The van der Waals surface area contributed by atoms with Crippen LogP contribution in [-0.4, -0.2) is 35.5 Å². The Morgan fingerprint density at radius 1 is 1.04 bits per heavy atom. The Balaban J connectivity index is 1.87. The standard InChI is InChI=1S/C18H20N2O4/c1-12(9-18(23)24)20-17(22)11-19-16(21)10-14-7-4-6-13-5-2-3-8-15(13)14/h2-8,12H,9-11H2,1H3,(H,19,21)(H,20,22)(H,23,24)/t12-/m0/s1.